The lowest BCUT2D eigenvalue weighted by Crippen LogP contribution is -2.21. The fraction of sp³-hybridized carbons (Fsp3) is 0.267. The van der Waals surface area contributed by atoms with Crippen LogP contribution in [0.25, 0.3) is 0 Å². The Hall–Kier alpha value is -2.11. The molecule has 0 fully saturated rings. The molecule has 0 aliphatic rings. The summed E-state index contributed by atoms with van der Waals surface area (Å²) < 4.78 is 5.12. The molecule has 5 nitrogen and oxygen atoms in total. The summed E-state index contributed by atoms with van der Waals surface area (Å²) in [5, 5.41) is 15.5. The van der Waals surface area contributed by atoms with Crippen LogP contribution in [0.4, 0.5) is 0 Å². The summed E-state index contributed by atoms with van der Waals surface area (Å²) in [7, 11) is 1.60. The average Bonchev–Trinajstić information content (AvgIpc) is 3.01. The maximum Gasteiger partial charge on any atom is 0.251 e. The Balaban J connectivity index is 1.81. The predicted octanol–water partition coefficient (Wildman–Crippen LogP) is 1.46. The van der Waals surface area contributed by atoms with Gasteiger partial charge in [0.25, 0.3) is 5.91 Å². The molecule has 2 rings (SSSR count). The van der Waals surface area contributed by atoms with E-state index >= 15 is 0 Å². The third kappa shape index (κ3) is 3.69. The van der Waals surface area contributed by atoms with Crippen molar-refractivity contribution < 1.29 is 14.3 Å². The summed E-state index contributed by atoms with van der Waals surface area (Å²) in [6, 6.07) is 10.8. The molecule has 1 aromatic carbocycles. The molecular formula is C15H18N2O3. The number of carbonyl (C=O) groups excluding carboxylic acids is 1. The molecule has 0 spiro atoms. The van der Waals surface area contributed by atoms with Gasteiger partial charge in [-0.05, 0) is 29.8 Å². The van der Waals surface area contributed by atoms with Gasteiger partial charge in [-0.25, -0.2) is 0 Å². The van der Waals surface area contributed by atoms with Crippen LogP contribution in [0.1, 0.15) is 27.8 Å². The van der Waals surface area contributed by atoms with Gasteiger partial charge in [0.05, 0.1) is 6.26 Å². The van der Waals surface area contributed by atoms with E-state index < -0.39 is 6.10 Å². The van der Waals surface area contributed by atoms with Crippen LogP contribution in [-0.2, 0) is 6.54 Å². The monoisotopic (exact) mass is 274 g/mol. The van der Waals surface area contributed by atoms with Crippen molar-refractivity contribution in [3.63, 3.8) is 0 Å². The lowest BCUT2D eigenvalue weighted by molar-refractivity contribution is 0.0963. The lowest BCUT2D eigenvalue weighted by atomic mass is 10.1. The number of carbonyl (C=O) groups is 1. The van der Waals surface area contributed by atoms with Crippen LogP contribution in [0.5, 0.6) is 0 Å². The summed E-state index contributed by atoms with van der Waals surface area (Å²) in [6.07, 6.45) is 0.880. The highest BCUT2D eigenvalue weighted by Gasteiger charge is 2.09. The number of hydrogen-bond donors (Lipinski definition) is 3. The SMILES string of the molecule is CNC(=O)c1ccc(CNCC(O)c2ccco2)cc1. The van der Waals surface area contributed by atoms with Crippen LogP contribution in [0, 0.1) is 0 Å². The summed E-state index contributed by atoms with van der Waals surface area (Å²) in [5.41, 5.74) is 1.68. The highest BCUT2D eigenvalue weighted by Crippen LogP contribution is 2.12. The smallest absolute Gasteiger partial charge is 0.251 e. The second-order valence-electron chi connectivity index (χ2n) is 4.44. The molecular weight excluding hydrogens is 256 g/mol. The van der Waals surface area contributed by atoms with Crippen LogP contribution in [0.3, 0.4) is 0 Å². The van der Waals surface area contributed by atoms with E-state index in [1.165, 1.54) is 6.26 Å². The molecule has 0 bridgehead atoms. The first-order chi connectivity index (χ1) is 9.70. The van der Waals surface area contributed by atoms with Gasteiger partial charge in [-0.1, -0.05) is 12.1 Å². The molecule has 1 aromatic heterocycles. The Kier molecular flexibility index (Phi) is 4.92. The molecule has 0 aliphatic carbocycles. The molecule has 20 heavy (non-hydrogen) atoms. The van der Waals surface area contributed by atoms with Gasteiger partial charge in [0.1, 0.15) is 11.9 Å². The van der Waals surface area contributed by atoms with E-state index in [0.29, 0.717) is 24.4 Å². The number of aliphatic hydroxyl groups excluding tert-OH is 1. The van der Waals surface area contributed by atoms with Crippen LogP contribution in [-0.4, -0.2) is 24.6 Å². The standard InChI is InChI=1S/C15H18N2O3/c1-16-15(19)12-6-4-11(5-7-12)9-17-10-13(18)14-3-2-8-20-14/h2-8,13,17-18H,9-10H2,1H3,(H,16,19). The quantitative estimate of drug-likeness (QED) is 0.745. The summed E-state index contributed by atoms with van der Waals surface area (Å²) in [4.78, 5) is 11.4. The molecule has 3 N–H and O–H groups in total. The van der Waals surface area contributed by atoms with Crippen molar-refractivity contribution in [1.82, 2.24) is 10.6 Å². The Labute approximate surface area is 117 Å². The third-order valence-corrected chi connectivity index (χ3v) is 2.98. The minimum atomic E-state index is -0.657. The van der Waals surface area contributed by atoms with Crippen LogP contribution < -0.4 is 10.6 Å². The van der Waals surface area contributed by atoms with Crippen molar-refractivity contribution in [2.24, 2.45) is 0 Å². The van der Waals surface area contributed by atoms with Crippen molar-refractivity contribution in [2.45, 2.75) is 12.6 Å². The average molecular weight is 274 g/mol. The fourth-order valence-electron chi connectivity index (χ4n) is 1.85. The maximum absolute atomic E-state index is 11.4. The maximum atomic E-state index is 11.4. The minimum absolute atomic E-state index is 0.0993. The summed E-state index contributed by atoms with van der Waals surface area (Å²) in [6.45, 7) is 1.02. The fourth-order valence-corrected chi connectivity index (χ4v) is 1.85. The van der Waals surface area contributed by atoms with Crippen molar-refractivity contribution in [1.29, 1.82) is 0 Å². The molecule has 5 heteroatoms. The van der Waals surface area contributed by atoms with E-state index in [1.54, 1.807) is 31.3 Å². The third-order valence-electron chi connectivity index (χ3n) is 2.98. The van der Waals surface area contributed by atoms with Crippen molar-refractivity contribution in [3.05, 3.63) is 59.5 Å². The van der Waals surface area contributed by atoms with Crippen LogP contribution >= 0.6 is 0 Å². The molecule has 1 unspecified atom stereocenters. The normalized spacial score (nSPS) is 12.1. The number of rotatable bonds is 6. The van der Waals surface area contributed by atoms with Gasteiger partial charge < -0.3 is 20.2 Å². The van der Waals surface area contributed by atoms with E-state index in [0.717, 1.165) is 5.56 Å². The Morgan fingerprint density at radius 1 is 1.30 bits per heavy atom. The first-order valence-corrected chi connectivity index (χ1v) is 6.44. The Morgan fingerprint density at radius 3 is 2.65 bits per heavy atom. The molecule has 0 saturated carbocycles. The molecule has 1 atom stereocenters. The highest BCUT2D eigenvalue weighted by molar-refractivity contribution is 5.93. The number of amides is 1. The lowest BCUT2D eigenvalue weighted by Gasteiger charge is -2.09. The number of aliphatic hydroxyl groups is 1. The molecule has 0 aliphatic heterocycles. The van der Waals surface area contributed by atoms with Crippen molar-refractivity contribution in [3.8, 4) is 0 Å². The zero-order chi connectivity index (χ0) is 14.4. The first kappa shape index (κ1) is 14.3. The zero-order valence-electron chi connectivity index (χ0n) is 11.3. The van der Waals surface area contributed by atoms with E-state index in [1.807, 2.05) is 12.1 Å². The summed E-state index contributed by atoms with van der Waals surface area (Å²) in [5.74, 6) is 0.449. The van der Waals surface area contributed by atoms with Crippen molar-refractivity contribution in [2.75, 3.05) is 13.6 Å². The van der Waals surface area contributed by atoms with Gasteiger partial charge in [0, 0.05) is 25.7 Å². The number of furan rings is 1. The molecule has 106 valence electrons. The van der Waals surface area contributed by atoms with Crippen LogP contribution in [0.2, 0.25) is 0 Å². The van der Waals surface area contributed by atoms with Crippen LogP contribution in [0.15, 0.2) is 47.1 Å². The molecule has 1 heterocycles. The van der Waals surface area contributed by atoms with Gasteiger partial charge in [0.2, 0.25) is 0 Å². The van der Waals surface area contributed by atoms with Gasteiger partial charge in [-0.3, -0.25) is 4.79 Å². The molecule has 0 radical (unpaired) electrons. The summed E-state index contributed by atoms with van der Waals surface area (Å²) >= 11 is 0. The first-order valence-electron chi connectivity index (χ1n) is 6.44. The van der Waals surface area contributed by atoms with Gasteiger partial charge >= 0.3 is 0 Å². The molecule has 0 saturated heterocycles. The topological polar surface area (TPSA) is 74.5 Å². The number of benzene rings is 1. The van der Waals surface area contributed by atoms with Gasteiger partial charge in [0.15, 0.2) is 0 Å². The van der Waals surface area contributed by atoms with E-state index in [2.05, 4.69) is 10.6 Å². The molecule has 1 amide bonds. The Bertz CT molecular complexity index is 535. The van der Waals surface area contributed by atoms with E-state index in [9.17, 15) is 9.90 Å². The Morgan fingerprint density at radius 2 is 2.05 bits per heavy atom. The number of nitrogens with one attached hydrogen (secondary N) is 2. The highest BCUT2D eigenvalue weighted by atomic mass is 16.4. The second kappa shape index (κ2) is 6.88. The number of hydrogen-bond acceptors (Lipinski definition) is 4. The van der Waals surface area contributed by atoms with Gasteiger partial charge in [-0.2, -0.15) is 0 Å². The minimum Gasteiger partial charge on any atom is -0.467 e. The predicted molar refractivity (Wildman–Crippen MR) is 75.2 cm³/mol. The molecule has 2 aromatic rings. The largest absolute Gasteiger partial charge is 0.467 e. The van der Waals surface area contributed by atoms with E-state index in [-0.39, 0.29) is 5.91 Å². The van der Waals surface area contributed by atoms with E-state index in [4.69, 9.17) is 4.42 Å². The van der Waals surface area contributed by atoms with Crippen molar-refractivity contribution >= 4 is 5.91 Å². The zero-order valence-corrected chi connectivity index (χ0v) is 11.3. The van der Waals surface area contributed by atoms with Gasteiger partial charge in [-0.15, -0.1) is 0 Å². The second-order valence-corrected chi connectivity index (χ2v) is 4.44.